The third-order valence-electron chi connectivity index (χ3n) is 6.01. The molecule has 0 saturated carbocycles. The van der Waals surface area contributed by atoms with Crippen LogP contribution in [0.1, 0.15) is 11.1 Å². The molecule has 2 aromatic carbocycles. The largest absolute Gasteiger partial charge is 0.336 e. The predicted octanol–water partition coefficient (Wildman–Crippen LogP) is 6.03. The van der Waals surface area contributed by atoms with Crippen LogP contribution in [0.25, 0.3) is 33.1 Å². The Balaban J connectivity index is 1.36. The van der Waals surface area contributed by atoms with Crippen LogP contribution >= 0.6 is 35.3 Å². The van der Waals surface area contributed by atoms with E-state index in [1.165, 1.54) is 33.6 Å². The van der Waals surface area contributed by atoms with Crippen LogP contribution in [-0.4, -0.2) is 25.0 Å². The summed E-state index contributed by atoms with van der Waals surface area (Å²) in [6.45, 7) is 0.745. The zero-order valence-electron chi connectivity index (χ0n) is 17.5. The van der Waals surface area contributed by atoms with E-state index in [1.807, 2.05) is 6.20 Å². The number of pyridine rings is 1. The Morgan fingerprint density at radius 3 is 2.61 bits per heavy atom. The van der Waals surface area contributed by atoms with Crippen molar-refractivity contribution in [1.82, 2.24) is 14.9 Å². The summed E-state index contributed by atoms with van der Waals surface area (Å²) in [6, 6.07) is 21.4. The van der Waals surface area contributed by atoms with Crippen LogP contribution in [0.3, 0.4) is 0 Å². The van der Waals surface area contributed by atoms with Gasteiger partial charge in [-0.25, -0.2) is 0 Å². The molecule has 4 nitrogen and oxygen atoms in total. The van der Waals surface area contributed by atoms with E-state index in [-0.39, 0.29) is 11.2 Å². The number of thiocarbonyl (C=S) groups is 1. The molecule has 1 fully saturated rings. The second-order valence-corrected chi connectivity index (χ2v) is 10.8. The highest BCUT2D eigenvalue weighted by Gasteiger charge is 2.29. The maximum Gasteiger partial charge on any atom is 0.239 e. The van der Waals surface area contributed by atoms with Gasteiger partial charge in [-0.3, -0.25) is 9.78 Å². The van der Waals surface area contributed by atoms with Crippen LogP contribution in [0.2, 0.25) is 0 Å². The average molecular weight is 486 g/mol. The molecular formula is C26H19N3OS3. The molecule has 162 valence electrons. The number of hydrogen-bond acceptors (Lipinski definition) is 5. The van der Waals surface area contributed by atoms with Gasteiger partial charge in [0.25, 0.3) is 0 Å². The van der Waals surface area contributed by atoms with Crippen molar-refractivity contribution in [2.24, 2.45) is 0 Å². The van der Waals surface area contributed by atoms with Gasteiger partial charge in [0.2, 0.25) is 5.91 Å². The van der Waals surface area contributed by atoms with Crippen molar-refractivity contribution in [3.8, 4) is 11.3 Å². The van der Waals surface area contributed by atoms with Crippen molar-refractivity contribution >= 4 is 67.4 Å². The molecule has 1 saturated heterocycles. The highest BCUT2D eigenvalue weighted by Crippen LogP contribution is 2.32. The molecule has 1 aliphatic heterocycles. The van der Waals surface area contributed by atoms with Crippen LogP contribution in [0.4, 0.5) is 0 Å². The van der Waals surface area contributed by atoms with Gasteiger partial charge >= 0.3 is 0 Å². The Morgan fingerprint density at radius 1 is 1.00 bits per heavy atom. The first-order valence-corrected chi connectivity index (χ1v) is 12.9. The molecule has 6 rings (SSSR count). The number of thiophene rings is 1. The van der Waals surface area contributed by atoms with Crippen LogP contribution < -0.4 is 5.32 Å². The minimum absolute atomic E-state index is 0.00548. The lowest BCUT2D eigenvalue weighted by atomic mass is 10.1. The minimum Gasteiger partial charge on any atom is -0.336 e. The van der Waals surface area contributed by atoms with Gasteiger partial charge in [-0.2, -0.15) is 11.3 Å². The van der Waals surface area contributed by atoms with Gasteiger partial charge in [-0.15, -0.1) is 0 Å². The molecule has 7 heteroatoms. The normalized spacial score (nSPS) is 16.1. The van der Waals surface area contributed by atoms with E-state index >= 15 is 0 Å². The van der Waals surface area contributed by atoms with Gasteiger partial charge in [0.15, 0.2) is 0 Å². The molecule has 3 aromatic heterocycles. The summed E-state index contributed by atoms with van der Waals surface area (Å²) in [6.07, 6.45) is 2.64. The van der Waals surface area contributed by atoms with Gasteiger partial charge in [0, 0.05) is 45.5 Å². The van der Waals surface area contributed by atoms with Crippen molar-refractivity contribution in [3.05, 3.63) is 88.7 Å². The Bertz CT molecular complexity index is 1500. The van der Waals surface area contributed by atoms with E-state index < -0.39 is 0 Å². The summed E-state index contributed by atoms with van der Waals surface area (Å²) in [5, 5.41) is 9.20. The molecule has 33 heavy (non-hydrogen) atoms. The number of benzene rings is 2. The number of hydrogen-bond donors (Lipinski definition) is 1. The van der Waals surface area contributed by atoms with Crippen LogP contribution in [0.15, 0.2) is 77.6 Å². The van der Waals surface area contributed by atoms with Crippen LogP contribution in [-0.2, 0) is 17.8 Å². The molecule has 1 unspecified atom stereocenters. The first-order valence-electron chi connectivity index (χ1n) is 10.6. The summed E-state index contributed by atoms with van der Waals surface area (Å²) in [7, 11) is 0. The first kappa shape index (κ1) is 20.6. The smallest absolute Gasteiger partial charge is 0.239 e. The van der Waals surface area contributed by atoms with Gasteiger partial charge in [-0.05, 0) is 53.3 Å². The maximum atomic E-state index is 12.1. The molecule has 0 radical (unpaired) electrons. The van der Waals surface area contributed by atoms with Crippen molar-refractivity contribution in [2.45, 2.75) is 18.2 Å². The molecule has 1 N–H and O–H groups in total. The molecule has 0 aliphatic carbocycles. The lowest BCUT2D eigenvalue weighted by Crippen LogP contribution is -2.25. The molecule has 1 atom stereocenters. The monoisotopic (exact) mass is 485 g/mol. The molecule has 0 spiro atoms. The van der Waals surface area contributed by atoms with E-state index in [2.05, 4.69) is 86.3 Å². The second-order valence-electron chi connectivity index (χ2n) is 8.11. The predicted molar refractivity (Wildman–Crippen MR) is 142 cm³/mol. The number of aromatic nitrogens is 2. The van der Waals surface area contributed by atoms with E-state index in [1.54, 1.807) is 11.3 Å². The maximum absolute atomic E-state index is 12.1. The second kappa shape index (κ2) is 8.41. The summed E-state index contributed by atoms with van der Waals surface area (Å²) >= 11 is 8.28. The number of nitrogens with one attached hydrogen (secondary N) is 1. The number of carbonyl (C=O) groups excluding carboxylic acids is 1. The Morgan fingerprint density at radius 2 is 1.85 bits per heavy atom. The van der Waals surface area contributed by atoms with Crippen molar-refractivity contribution in [2.75, 3.05) is 0 Å². The fourth-order valence-electron chi connectivity index (χ4n) is 4.42. The Kier molecular flexibility index (Phi) is 5.25. The zero-order valence-corrected chi connectivity index (χ0v) is 20.0. The number of amides is 1. The number of nitrogens with zero attached hydrogens (tertiary/aromatic N) is 2. The highest BCUT2D eigenvalue weighted by atomic mass is 32.2. The lowest BCUT2D eigenvalue weighted by molar-refractivity contribution is -0.118. The Hall–Kier alpha value is -3.00. The fourth-order valence-corrected chi connectivity index (χ4v) is 6.38. The van der Waals surface area contributed by atoms with E-state index in [9.17, 15) is 4.79 Å². The third-order valence-corrected chi connectivity index (χ3v) is 8.06. The number of fused-ring (bicyclic) bond motifs is 3. The zero-order chi connectivity index (χ0) is 22.4. The summed E-state index contributed by atoms with van der Waals surface area (Å²) < 4.78 is 2.92. The lowest BCUT2D eigenvalue weighted by Gasteiger charge is -2.09. The molecule has 1 aliphatic rings. The number of thioether (sulfide) groups is 1. The molecule has 5 aromatic rings. The van der Waals surface area contributed by atoms with Crippen LogP contribution in [0, 0.1) is 0 Å². The van der Waals surface area contributed by atoms with E-state index in [0.717, 1.165) is 28.9 Å². The van der Waals surface area contributed by atoms with E-state index in [0.29, 0.717) is 10.7 Å². The van der Waals surface area contributed by atoms with Crippen molar-refractivity contribution < 1.29 is 4.79 Å². The van der Waals surface area contributed by atoms with Gasteiger partial charge in [-0.1, -0.05) is 54.3 Å². The molecular weight excluding hydrogens is 467 g/mol. The Labute approximate surface area is 204 Å². The summed E-state index contributed by atoms with van der Waals surface area (Å²) in [4.78, 5) is 16.8. The topological polar surface area (TPSA) is 46.9 Å². The molecule has 4 heterocycles. The fraction of sp³-hybridized carbons (Fsp3) is 0.115. The number of carbonyl (C=O) groups is 1. The van der Waals surface area contributed by atoms with Gasteiger partial charge in [0.05, 0.1) is 10.9 Å². The third kappa shape index (κ3) is 3.86. The first-order chi connectivity index (χ1) is 16.2. The van der Waals surface area contributed by atoms with Crippen molar-refractivity contribution in [3.63, 3.8) is 0 Å². The average Bonchev–Trinajstić information content (AvgIpc) is 3.54. The SMILES string of the molecule is O=C1NC(=S)SC1Cc1ccc2c(c1)c1ccccc1n2Cc1ccc(-c2ccsc2)nc1. The number of rotatable bonds is 5. The minimum atomic E-state index is -0.156. The van der Waals surface area contributed by atoms with Gasteiger partial charge < -0.3 is 9.88 Å². The quantitative estimate of drug-likeness (QED) is 0.309. The van der Waals surface area contributed by atoms with Gasteiger partial charge in [0.1, 0.15) is 4.32 Å². The van der Waals surface area contributed by atoms with Crippen LogP contribution in [0.5, 0.6) is 0 Å². The summed E-state index contributed by atoms with van der Waals surface area (Å²) in [5.74, 6) is 0.00548. The van der Waals surface area contributed by atoms with Crippen molar-refractivity contribution in [1.29, 1.82) is 0 Å². The highest BCUT2D eigenvalue weighted by molar-refractivity contribution is 8.24. The standard InChI is InChI=1S/C26H19N3OS3/c30-25-24(33-26(31)28-25)12-16-6-8-23-20(11-16)19-3-1-2-4-22(19)29(23)14-17-5-7-21(27-13-17)18-9-10-32-15-18/h1-11,13,15,24H,12,14H2,(H,28,30,31). The number of para-hydroxylation sites is 1. The summed E-state index contributed by atoms with van der Waals surface area (Å²) in [5.41, 5.74) is 6.84. The van der Waals surface area contributed by atoms with E-state index in [4.69, 9.17) is 12.2 Å². The molecule has 1 amide bonds. The molecule has 0 bridgehead atoms.